The monoisotopic (exact) mass is 552 g/mol. The number of benzene rings is 2. The summed E-state index contributed by atoms with van der Waals surface area (Å²) in [6.07, 6.45) is 22.4. The van der Waals surface area contributed by atoms with Crippen molar-refractivity contribution in [1.29, 1.82) is 0 Å². The lowest BCUT2D eigenvalue weighted by Crippen LogP contribution is -2.85. The van der Waals surface area contributed by atoms with Crippen LogP contribution in [0.2, 0.25) is 0 Å². The Labute approximate surface area is 252 Å². The molecule has 0 aromatic heterocycles. The van der Waals surface area contributed by atoms with E-state index in [1.807, 2.05) is 0 Å². The van der Waals surface area contributed by atoms with Crippen LogP contribution in [0.25, 0.3) is 0 Å². The van der Waals surface area contributed by atoms with Crippen LogP contribution in [-0.4, -0.2) is 0 Å². The van der Waals surface area contributed by atoms with Gasteiger partial charge in [0.1, 0.15) is 0 Å². The average Bonchev–Trinajstić information content (AvgIpc) is 3.02. The topological polar surface area (TPSA) is 0 Å². The quantitative estimate of drug-likeness (QED) is 0.348. The van der Waals surface area contributed by atoms with Crippen LogP contribution in [-0.2, 0) is 10.8 Å². The molecular formula is C42H48. The van der Waals surface area contributed by atoms with Crippen molar-refractivity contribution >= 4 is 0 Å². The lowest BCUT2D eigenvalue weighted by Gasteiger charge is -2.91. The second-order valence-electron chi connectivity index (χ2n) is 19.7. The minimum Gasteiger partial charge on any atom is -0.0622 e. The minimum atomic E-state index is 0.537. The van der Waals surface area contributed by atoms with Gasteiger partial charge in [0.05, 0.1) is 0 Å². The van der Waals surface area contributed by atoms with Crippen LogP contribution >= 0.6 is 0 Å². The molecule has 0 saturated heterocycles. The zero-order chi connectivity index (χ0) is 26.9. The Balaban J connectivity index is 0.000000116. The lowest BCUT2D eigenvalue weighted by atomic mass is 9.13. The van der Waals surface area contributed by atoms with Gasteiger partial charge in [0.2, 0.25) is 0 Å². The summed E-state index contributed by atoms with van der Waals surface area (Å²) >= 11 is 0. The molecule has 0 heteroatoms. The summed E-state index contributed by atoms with van der Waals surface area (Å²) in [4.78, 5) is 0. The van der Waals surface area contributed by atoms with Crippen molar-refractivity contribution in [2.24, 2.45) is 80.8 Å². The smallest absolute Gasteiger partial charge is 0.00332 e. The van der Waals surface area contributed by atoms with E-state index in [1.165, 1.54) is 74.0 Å². The molecule has 18 saturated carbocycles. The van der Waals surface area contributed by atoms with Crippen LogP contribution < -0.4 is 0 Å². The van der Waals surface area contributed by atoms with E-state index in [-0.39, 0.29) is 0 Å². The van der Waals surface area contributed by atoms with Gasteiger partial charge in [-0.15, -0.1) is 0 Å². The van der Waals surface area contributed by atoms with Crippen molar-refractivity contribution < 1.29 is 0 Å². The Morgan fingerprint density at radius 2 is 1.00 bits per heavy atom. The van der Waals surface area contributed by atoms with E-state index in [0.717, 1.165) is 45.3 Å². The summed E-state index contributed by atoms with van der Waals surface area (Å²) in [6.45, 7) is 0. The third-order valence-electron chi connectivity index (χ3n) is 19.3. The summed E-state index contributed by atoms with van der Waals surface area (Å²) in [5.41, 5.74) is 7.82. The molecule has 0 aliphatic heterocycles. The van der Waals surface area contributed by atoms with E-state index in [0.29, 0.717) is 10.8 Å². The molecular weight excluding hydrogens is 504 g/mol. The molecule has 2 aromatic rings. The van der Waals surface area contributed by atoms with E-state index in [4.69, 9.17) is 0 Å². The Kier molecular flexibility index (Phi) is 3.56. The fraction of sp³-hybridized carbons (Fsp3) is 0.714. The summed E-state index contributed by atoms with van der Waals surface area (Å²) in [7, 11) is 0. The van der Waals surface area contributed by atoms with Crippen LogP contribution in [0, 0.1) is 80.8 Å². The Morgan fingerprint density at radius 3 is 1.64 bits per heavy atom. The normalized spacial score (nSPS) is 63.9. The minimum absolute atomic E-state index is 0.537. The van der Waals surface area contributed by atoms with E-state index in [2.05, 4.69) is 60.7 Å². The Bertz CT molecular complexity index is 1460. The van der Waals surface area contributed by atoms with Gasteiger partial charge in [-0.3, -0.25) is 0 Å². The van der Waals surface area contributed by atoms with Gasteiger partial charge in [-0.05, 0) is 193 Å². The van der Waals surface area contributed by atoms with Gasteiger partial charge in [-0.1, -0.05) is 60.7 Å². The summed E-state index contributed by atoms with van der Waals surface area (Å²) < 4.78 is 0. The summed E-state index contributed by atoms with van der Waals surface area (Å²) in [5.74, 6) is 11.5. The van der Waals surface area contributed by atoms with E-state index < -0.39 is 0 Å². The predicted octanol–water partition coefficient (Wildman–Crippen LogP) is 9.58. The molecule has 0 amide bonds. The van der Waals surface area contributed by atoms with Crippen LogP contribution in [0.5, 0.6) is 0 Å². The van der Waals surface area contributed by atoms with Gasteiger partial charge in [-0.2, -0.15) is 0 Å². The number of rotatable bonds is 2. The van der Waals surface area contributed by atoms with Gasteiger partial charge in [0.25, 0.3) is 0 Å². The summed E-state index contributed by atoms with van der Waals surface area (Å²) in [5, 5.41) is 0. The maximum atomic E-state index is 2.46. The largest absolute Gasteiger partial charge is 0.0622 e. The van der Waals surface area contributed by atoms with Crippen LogP contribution in [0.15, 0.2) is 60.7 Å². The van der Waals surface area contributed by atoms with Gasteiger partial charge >= 0.3 is 0 Å². The Hall–Kier alpha value is -1.56. The predicted molar refractivity (Wildman–Crippen MR) is 166 cm³/mol. The van der Waals surface area contributed by atoms with E-state index in [9.17, 15) is 0 Å². The molecule has 42 heavy (non-hydrogen) atoms. The molecule has 4 spiro atoms. The zero-order valence-corrected chi connectivity index (χ0v) is 25.4. The van der Waals surface area contributed by atoms with Gasteiger partial charge in [-0.25, -0.2) is 0 Å². The van der Waals surface area contributed by atoms with Crippen molar-refractivity contribution in [2.45, 2.75) is 101 Å². The van der Waals surface area contributed by atoms with Crippen molar-refractivity contribution in [3.8, 4) is 0 Å². The highest BCUT2D eigenvalue weighted by Gasteiger charge is 2.87. The van der Waals surface area contributed by atoms with Gasteiger partial charge in [0, 0.05) is 0 Å². The van der Waals surface area contributed by atoms with Crippen LogP contribution in [0.4, 0.5) is 0 Å². The highest BCUT2D eigenvalue weighted by molar-refractivity contribution is 5.45. The fourth-order valence-corrected chi connectivity index (χ4v) is 19.5. The van der Waals surface area contributed by atoms with Crippen LogP contribution in [0.1, 0.15) is 101 Å². The van der Waals surface area contributed by atoms with E-state index in [1.54, 1.807) is 62.5 Å². The molecule has 216 valence electrons. The Morgan fingerprint density at radius 1 is 0.405 bits per heavy atom. The zero-order valence-electron chi connectivity index (χ0n) is 25.4. The molecule has 2 aromatic carbocycles. The third kappa shape index (κ3) is 2.09. The molecule has 16 bridgehead atoms. The SMILES string of the molecule is C1C2CC34CC5(C2)C3CC2C[C@@H]4C1[C@H]5C2.c1ccc(C23CC4C56CC7(c8ccccc8)CC([C@H]5C2)[C@@H](C3)C4(C7)C6)cc1. The van der Waals surface area contributed by atoms with Crippen molar-refractivity contribution in [2.75, 3.05) is 0 Å². The molecule has 20 rings (SSSR count). The number of hydrogen-bond donors (Lipinski definition) is 0. The third-order valence-corrected chi connectivity index (χ3v) is 19.3. The molecule has 8 atom stereocenters. The lowest BCUT2D eigenvalue weighted by molar-refractivity contribution is -0.398. The average molecular weight is 553 g/mol. The first kappa shape index (κ1) is 22.9. The fourth-order valence-electron chi connectivity index (χ4n) is 19.5. The van der Waals surface area contributed by atoms with Gasteiger partial charge in [0.15, 0.2) is 0 Å². The standard InChI is InChI=1S/C27H28.C15H20/c1-3-7-18(8-4-1)24-12-21-20-11-25(19-9-5-2-6-10-19)15-26(21)17-27(16-25,22(20)13-24)23(26)14-24;1-9-5-14-7-15(6-9)12-3-8(4-13(14)15)2-11(14)10(1)12/h1-10,20-23H,11-17H2;8-13H,1-7H2/t20?,21-,22-,23?,24?,25?,26?,27?;8?,9?,10?,11-,12-,13?,14?,15?/m11/s1. The van der Waals surface area contributed by atoms with E-state index >= 15 is 0 Å². The highest BCUT2D eigenvalue weighted by Crippen LogP contribution is 2.93. The summed E-state index contributed by atoms with van der Waals surface area (Å²) in [6, 6.07) is 23.4. The molecule has 4 unspecified atom stereocenters. The van der Waals surface area contributed by atoms with Crippen molar-refractivity contribution in [3.05, 3.63) is 71.8 Å². The molecule has 0 nitrogen and oxygen atoms in total. The second-order valence-corrected chi connectivity index (χ2v) is 19.7. The highest BCUT2D eigenvalue weighted by atomic mass is 14.9. The first-order valence-electron chi connectivity index (χ1n) is 18.6. The molecule has 18 fully saturated rings. The van der Waals surface area contributed by atoms with Gasteiger partial charge < -0.3 is 0 Å². The van der Waals surface area contributed by atoms with Crippen molar-refractivity contribution in [3.63, 3.8) is 0 Å². The molecule has 0 radical (unpaired) electrons. The first-order valence-corrected chi connectivity index (χ1v) is 18.6. The number of hydrogen-bond acceptors (Lipinski definition) is 0. The molecule has 18 aliphatic rings. The maximum absolute atomic E-state index is 2.46. The second kappa shape index (κ2) is 6.53. The first-order chi connectivity index (χ1) is 20.5. The van der Waals surface area contributed by atoms with Crippen LogP contribution in [0.3, 0.4) is 0 Å². The van der Waals surface area contributed by atoms with Crippen molar-refractivity contribution in [1.82, 2.24) is 0 Å². The molecule has 18 aliphatic carbocycles. The maximum Gasteiger partial charge on any atom is -0.00332 e. The molecule has 0 N–H and O–H groups in total. The molecule has 0 heterocycles.